The Hall–Kier alpha value is -2.74. The molecule has 24 heavy (non-hydrogen) atoms. The number of nitro benzene ring substituents is 1. The lowest BCUT2D eigenvalue weighted by molar-refractivity contribution is -0.384. The predicted molar refractivity (Wildman–Crippen MR) is 88.1 cm³/mol. The number of hydrogen-bond donors (Lipinski definition) is 1. The minimum absolute atomic E-state index is 0.138. The van der Waals surface area contributed by atoms with E-state index in [-0.39, 0.29) is 23.7 Å². The van der Waals surface area contributed by atoms with Crippen molar-refractivity contribution in [3.05, 3.63) is 52.6 Å². The molecule has 0 saturated heterocycles. The summed E-state index contributed by atoms with van der Waals surface area (Å²) in [6, 6.07) is 4.31. The number of nitro groups is 1. The summed E-state index contributed by atoms with van der Waals surface area (Å²) >= 11 is 0. The van der Waals surface area contributed by atoms with Crippen LogP contribution in [0, 0.1) is 10.1 Å². The molecule has 0 fully saturated rings. The maximum absolute atomic E-state index is 12.6. The molecule has 0 aliphatic heterocycles. The number of aliphatic hydroxyl groups is 1. The third kappa shape index (κ3) is 3.96. The number of carbonyl (C=O) groups is 1. The molecule has 2 aromatic rings. The number of benzene rings is 1. The number of aromatic nitrogens is 2. The molecule has 0 saturated carbocycles. The van der Waals surface area contributed by atoms with Gasteiger partial charge in [-0.2, -0.15) is 0 Å². The molecule has 0 atom stereocenters. The predicted octanol–water partition coefficient (Wildman–Crippen LogP) is 2.01. The molecule has 1 aromatic carbocycles. The van der Waals surface area contributed by atoms with Crippen molar-refractivity contribution in [2.24, 2.45) is 0 Å². The minimum atomic E-state index is -1.05. The van der Waals surface area contributed by atoms with Gasteiger partial charge in [0.25, 0.3) is 11.6 Å². The average molecular weight is 332 g/mol. The first-order chi connectivity index (χ1) is 11.2. The summed E-state index contributed by atoms with van der Waals surface area (Å²) in [6.45, 7) is 5.53. The highest BCUT2D eigenvalue weighted by atomic mass is 16.6. The smallest absolute Gasteiger partial charge is 0.294 e. The van der Waals surface area contributed by atoms with Crippen molar-refractivity contribution < 1.29 is 14.8 Å². The van der Waals surface area contributed by atoms with Crippen LogP contribution in [-0.2, 0) is 0 Å². The Balaban J connectivity index is 2.39. The van der Waals surface area contributed by atoms with Crippen LogP contribution in [0.15, 0.2) is 36.9 Å². The molecule has 1 aromatic heterocycles. The second-order valence-electron chi connectivity index (χ2n) is 6.06. The molecule has 1 N–H and O–H groups in total. The molecule has 1 heterocycles. The summed E-state index contributed by atoms with van der Waals surface area (Å²) < 4.78 is 1.51. The second kappa shape index (κ2) is 6.79. The molecule has 0 aliphatic carbocycles. The fraction of sp³-hybridized carbons (Fsp3) is 0.375. The third-order valence-electron chi connectivity index (χ3n) is 3.45. The van der Waals surface area contributed by atoms with Crippen molar-refractivity contribution in [2.75, 3.05) is 13.1 Å². The highest BCUT2D eigenvalue weighted by Gasteiger charge is 2.25. The fourth-order valence-electron chi connectivity index (χ4n) is 2.40. The number of amides is 1. The highest BCUT2D eigenvalue weighted by Crippen LogP contribution is 2.25. The Bertz CT molecular complexity index is 735. The van der Waals surface area contributed by atoms with Gasteiger partial charge in [0.1, 0.15) is 5.69 Å². The van der Waals surface area contributed by atoms with Crippen molar-refractivity contribution in [2.45, 2.75) is 26.4 Å². The molecule has 0 unspecified atom stereocenters. The highest BCUT2D eigenvalue weighted by molar-refractivity contribution is 5.95. The standard InChI is InChI=1S/C16H20N4O4/c1-4-18(10-16(2,3)22)15(21)12-5-6-13(14(9-12)20(23)24)19-8-7-17-11-19/h5-9,11,22H,4,10H2,1-3H3. The van der Waals surface area contributed by atoms with Crippen LogP contribution in [0.3, 0.4) is 0 Å². The number of carbonyl (C=O) groups excluding carboxylic acids is 1. The van der Waals surface area contributed by atoms with E-state index >= 15 is 0 Å². The van der Waals surface area contributed by atoms with Gasteiger partial charge in [-0.3, -0.25) is 14.9 Å². The molecule has 8 heteroatoms. The SMILES string of the molecule is CCN(CC(C)(C)O)C(=O)c1ccc(-n2ccnc2)c([N+](=O)[O-])c1. The Morgan fingerprint density at radius 1 is 1.46 bits per heavy atom. The number of rotatable bonds is 6. The van der Waals surface area contributed by atoms with Gasteiger partial charge in [-0.25, -0.2) is 4.98 Å². The fourth-order valence-corrected chi connectivity index (χ4v) is 2.40. The van der Waals surface area contributed by atoms with E-state index in [1.54, 1.807) is 27.0 Å². The van der Waals surface area contributed by atoms with Crippen molar-refractivity contribution in [1.29, 1.82) is 0 Å². The Labute approximate surface area is 139 Å². The zero-order chi connectivity index (χ0) is 17.9. The lowest BCUT2D eigenvalue weighted by Crippen LogP contribution is -2.42. The van der Waals surface area contributed by atoms with Crippen LogP contribution < -0.4 is 0 Å². The number of hydrogen-bond acceptors (Lipinski definition) is 5. The second-order valence-corrected chi connectivity index (χ2v) is 6.06. The van der Waals surface area contributed by atoms with E-state index in [1.807, 2.05) is 0 Å². The largest absolute Gasteiger partial charge is 0.389 e. The van der Waals surface area contributed by atoms with E-state index in [9.17, 15) is 20.0 Å². The van der Waals surface area contributed by atoms with Gasteiger partial charge in [-0.15, -0.1) is 0 Å². The summed E-state index contributed by atoms with van der Waals surface area (Å²) in [4.78, 5) is 28.8. The molecule has 8 nitrogen and oxygen atoms in total. The van der Waals surface area contributed by atoms with Crippen LogP contribution in [0.1, 0.15) is 31.1 Å². The van der Waals surface area contributed by atoms with Crippen molar-refractivity contribution >= 4 is 11.6 Å². The van der Waals surface area contributed by atoms with Gasteiger partial charge in [-0.1, -0.05) is 0 Å². The van der Waals surface area contributed by atoms with E-state index < -0.39 is 10.5 Å². The lowest BCUT2D eigenvalue weighted by atomic mass is 10.1. The summed E-state index contributed by atoms with van der Waals surface area (Å²) in [7, 11) is 0. The van der Waals surface area contributed by atoms with Crippen LogP contribution in [0.2, 0.25) is 0 Å². The third-order valence-corrected chi connectivity index (χ3v) is 3.45. The number of nitrogens with zero attached hydrogens (tertiary/aromatic N) is 4. The van der Waals surface area contributed by atoms with Crippen LogP contribution in [0.5, 0.6) is 0 Å². The van der Waals surface area contributed by atoms with Gasteiger partial charge in [0.05, 0.1) is 16.9 Å². The molecular formula is C16H20N4O4. The van der Waals surface area contributed by atoms with Crippen molar-refractivity contribution in [3.63, 3.8) is 0 Å². The van der Waals surface area contributed by atoms with Crippen LogP contribution in [-0.4, -0.2) is 49.1 Å². The Morgan fingerprint density at radius 3 is 2.67 bits per heavy atom. The first kappa shape index (κ1) is 17.6. The maximum Gasteiger partial charge on any atom is 0.294 e. The van der Waals surface area contributed by atoms with E-state index in [1.165, 1.54) is 40.2 Å². The normalized spacial score (nSPS) is 11.3. The average Bonchev–Trinajstić information content (AvgIpc) is 3.04. The molecular weight excluding hydrogens is 312 g/mol. The van der Waals surface area contributed by atoms with E-state index in [4.69, 9.17) is 0 Å². The van der Waals surface area contributed by atoms with Gasteiger partial charge < -0.3 is 14.6 Å². The van der Waals surface area contributed by atoms with Gasteiger partial charge in [0.2, 0.25) is 0 Å². The van der Waals surface area contributed by atoms with Crippen LogP contribution in [0.25, 0.3) is 5.69 Å². The van der Waals surface area contributed by atoms with Gasteiger partial charge in [0, 0.05) is 37.1 Å². The van der Waals surface area contributed by atoms with Crippen molar-refractivity contribution in [3.8, 4) is 5.69 Å². The molecule has 0 bridgehead atoms. The summed E-state index contributed by atoms with van der Waals surface area (Å²) in [6.07, 6.45) is 4.57. The zero-order valence-electron chi connectivity index (χ0n) is 13.8. The minimum Gasteiger partial charge on any atom is -0.389 e. The lowest BCUT2D eigenvalue weighted by Gasteiger charge is -2.28. The topological polar surface area (TPSA) is 102 Å². The van der Waals surface area contributed by atoms with E-state index in [0.717, 1.165) is 0 Å². The van der Waals surface area contributed by atoms with Crippen molar-refractivity contribution in [1.82, 2.24) is 14.5 Å². The zero-order valence-corrected chi connectivity index (χ0v) is 13.8. The molecule has 0 spiro atoms. The summed E-state index contributed by atoms with van der Waals surface area (Å²) in [5.74, 6) is -0.361. The Morgan fingerprint density at radius 2 is 2.17 bits per heavy atom. The summed E-state index contributed by atoms with van der Waals surface area (Å²) in [5, 5.41) is 21.3. The molecule has 0 radical (unpaired) electrons. The van der Waals surface area contributed by atoms with Gasteiger partial charge >= 0.3 is 0 Å². The molecule has 2 rings (SSSR count). The number of imidazole rings is 1. The first-order valence-corrected chi connectivity index (χ1v) is 7.51. The summed E-state index contributed by atoms with van der Waals surface area (Å²) in [5.41, 5.74) is -0.691. The number of likely N-dealkylation sites (N-methyl/N-ethyl adjacent to an activating group) is 1. The van der Waals surface area contributed by atoms with E-state index in [0.29, 0.717) is 12.2 Å². The molecule has 128 valence electrons. The van der Waals surface area contributed by atoms with Gasteiger partial charge in [0.15, 0.2) is 0 Å². The molecule has 1 amide bonds. The first-order valence-electron chi connectivity index (χ1n) is 7.51. The molecule has 0 aliphatic rings. The Kier molecular flexibility index (Phi) is 4.99. The monoisotopic (exact) mass is 332 g/mol. The van der Waals surface area contributed by atoms with Crippen LogP contribution >= 0.6 is 0 Å². The van der Waals surface area contributed by atoms with E-state index in [2.05, 4.69) is 4.98 Å². The van der Waals surface area contributed by atoms with Crippen LogP contribution in [0.4, 0.5) is 5.69 Å². The maximum atomic E-state index is 12.6. The van der Waals surface area contributed by atoms with Gasteiger partial charge in [-0.05, 0) is 32.9 Å². The quantitative estimate of drug-likeness (QED) is 0.644.